The van der Waals surface area contributed by atoms with Crippen molar-refractivity contribution < 1.29 is 19.4 Å². The predicted octanol–water partition coefficient (Wildman–Crippen LogP) is 0.382. The molecule has 0 radical (unpaired) electrons. The van der Waals surface area contributed by atoms with E-state index in [1.807, 2.05) is 0 Å². The molecule has 0 aliphatic heterocycles. The van der Waals surface area contributed by atoms with Gasteiger partial charge in [-0.25, -0.2) is 4.79 Å². The molecule has 0 aliphatic rings. The highest BCUT2D eigenvalue weighted by molar-refractivity contribution is 5.77. The van der Waals surface area contributed by atoms with Crippen LogP contribution in [0.15, 0.2) is 6.07 Å². The minimum atomic E-state index is -1.08. The van der Waals surface area contributed by atoms with E-state index in [-0.39, 0.29) is 24.1 Å². The van der Waals surface area contributed by atoms with Gasteiger partial charge in [-0.05, 0) is 0 Å². The molecule has 0 saturated heterocycles. The van der Waals surface area contributed by atoms with Crippen LogP contribution in [0.2, 0.25) is 0 Å². The fraction of sp³-hybridized carbons (Fsp3) is 0.364. The summed E-state index contributed by atoms with van der Waals surface area (Å²) in [7, 11) is 2.86. The number of carboxylic acids is 1. The van der Waals surface area contributed by atoms with Crippen LogP contribution in [0.25, 0.3) is 0 Å². The van der Waals surface area contributed by atoms with Crippen LogP contribution in [-0.2, 0) is 4.79 Å². The Morgan fingerprint density at radius 3 is 2.44 bits per heavy atom. The second-order valence-corrected chi connectivity index (χ2v) is 3.22. The first-order chi connectivity index (χ1) is 8.60. The van der Waals surface area contributed by atoms with Gasteiger partial charge in [-0.3, -0.25) is 0 Å². The maximum absolute atomic E-state index is 10.9. The summed E-state index contributed by atoms with van der Waals surface area (Å²) >= 11 is 0. The number of hydrogen-bond acceptors (Lipinski definition) is 6. The van der Waals surface area contributed by atoms with Crippen molar-refractivity contribution in [2.75, 3.05) is 19.5 Å². The summed E-state index contributed by atoms with van der Waals surface area (Å²) in [6, 6.07) is 0.508. The molecule has 0 aliphatic carbocycles. The Morgan fingerprint density at radius 2 is 2.06 bits per heavy atom. The predicted molar refractivity (Wildman–Crippen MR) is 63.6 cm³/mol. The van der Waals surface area contributed by atoms with Crippen LogP contribution in [0.3, 0.4) is 0 Å². The van der Waals surface area contributed by atoms with Gasteiger partial charge in [0, 0.05) is 6.42 Å². The Hall–Kier alpha value is -2.49. The van der Waals surface area contributed by atoms with Crippen molar-refractivity contribution in [1.29, 1.82) is 0 Å². The standard InChI is InChI=1S/C11H13N3O4/c1-4-5-7(10(15)16)12-11-13-8(17-2)6-9(14-11)18-3/h1,6-7H,5H2,2-3H3,(H,15,16)(H,12,13,14). The van der Waals surface area contributed by atoms with Gasteiger partial charge in [0.05, 0.1) is 20.3 Å². The molecule has 0 amide bonds. The van der Waals surface area contributed by atoms with E-state index in [1.54, 1.807) is 0 Å². The number of terminal acetylenes is 1. The van der Waals surface area contributed by atoms with Crippen LogP contribution in [-0.4, -0.2) is 41.3 Å². The van der Waals surface area contributed by atoms with E-state index in [0.29, 0.717) is 0 Å². The molecule has 0 bridgehead atoms. The summed E-state index contributed by atoms with van der Waals surface area (Å²) in [6.07, 6.45) is 5.10. The average molecular weight is 251 g/mol. The third-order valence-electron chi connectivity index (χ3n) is 2.02. The second-order valence-electron chi connectivity index (χ2n) is 3.22. The van der Waals surface area contributed by atoms with Crippen LogP contribution in [0.1, 0.15) is 6.42 Å². The molecule has 0 fully saturated rings. The van der Waals surface area contributed by atoms with Gasteiger partial charge < -0.3 is 19.9 Å². The highest BCUT2D eigenvalue weighted by Gasteiger charge is 2.18. The van der Waals surface area contributed by atoms with Crippen molar-refractivity contribution in [3.05, 3.63) is 6.07 Å². The molecule has 1 aromatic heterocycles. The zero-order valence-electron chi connectivity index (χ0n) is 10.0. The number of methoxy groups -OCH3 is 2. The fourth-order valence-corrected chi connectivity index (χ4v) is 1.15. The number of ether oxygens (including phenoxy) is 2. The van der Waals surface area contributed by atoms with E-state index in [0.717, 1.165) is 0 Å². The first-order valence-electron chi connectivity index (χ1n) is 5.00. The van der Waals surface area contributed by atoms with Gasteiger partial charge in [0.1, 0.15) is 6.04 Å². The van der Waals surface area contributed by atoms with Crippen molar-refractivity contribution in [3.63, 3.8) is 0 Å². The van der Waals surface area contributed by atoms with Crippen LogP contribution in [0, 0.1) is 12.3 Å². The zero-order valence-corrected chi connectivity index (χ0v) is 10.0. The molecule has 1 atom stereocenters. The molecule has 2 N–H and O–H groups in total. The summed E-state index contributed by atoms with van der Waals surface area (Å²) in [5.74, 6) is 1.77. The summed E-state index contributed by atoms with van der Waals surface area (Å²) in [6.45, 7) is 0. The lowest BCUT2D eigenvalue weighted by atomic mass is 10.2. The number of rotatable bonds is 6. The largest absolute Gasteiger partial charge is 0.481 e. The van der Waals surface area contributed by atoms with E-state index in [2.05, 4.69) is 21.2 Å². The summed E-state index contributed by atoms with van der Waals surface area (Å²) < 4.78 is 9.88. The minimum Gasteiger partial charge on any atom is -0.481 e. The van der Waals surface area contributed by atoms with Gasteiger partial charge in [0.15, 0.2) is 0 Å². The molecular formula is C11H13N3O4. The quantitative estimate of drug-likeness (QED) is 0.706. The molecule has 1 rings (SSSR count). The van der Waals surface area contributed by atoms with Gasteiger partial charge in [-0.15, -0.1) is 12.3 Å². The average Bonchev–Trinajstić information content (AvgIpc) is 2.37. The summed E-state index contributed by atoms with van der Waals surface area (Å²) in [4.78, 5) is 18.8. The molecule has 7 heteroatoms. The van der Waals surface area contributed by atoms with E-state index < -0.39 is 12.0 Å². The zero-order chi connectivity index (χ0) is 13.5. The normalized spacial score (nSPS) is 11.2. The van der Waals surface area contributed by atoms with E-state index in [4.69, 9.17) is 21.0 Å². The molecular weight excluding hydrogens is 238 g/mol. The van der Waals surface area contributed by atoms with E-state index >= 15 is 0 Å². The van der Waals surface area contributed by atoms with Crippen molar-refractivity contribution in [1.82, 2.24) is 9.97 Å². The Balaban J connectivity index is 2.94. The number of hydrogen-bond donors (Lipinski definition) is 2. The lowest BCUT2D eigenvalue weighted by Crippen LogP contribution is -2.29. The topological polar surface area (TPSA) is 93.6 Å². The number of anilines is 1. The Kier molecular flexibility index (Phi) is 4.75. The Bertz CT molecular complexity index is 448. The first kappa shape index (κ1) is 13.6. The summed E-state index contributed by atoms with van der Waals surface area (Å²) in [5, 5.41) is 11.5. The number of aromatic nitrogens is 2. The van der Waals surface area contributed by atoms with Crippen LogP contribution in [0.4, 0.5) is 5.95 Å². The SMILES string of the molecule is C#CCC(Nc1nc(OC)cc(OC)n1)C(=O)O. The molecule has 1 heterocycles. The number of aliphatic carboxylic acids is 1. The van der Waals surface area contributed by atoms with Crippen molar-refractivity contribution >= 4 is 11.9 Å². The molecule has 0 aromatic carbocycles. The van der Waals surface area contributed by atoms with Crippen LogP contribution >= 0.6 is 0 Å². The maximum atomic E-state index is 10.9. The molecule has 1 unspecified atom stereocenters. The molecule has 96 valence electrons. The number of carbonyl (C=O) groups is 1. The van der Waals surface area contributed by atoms with Crippen LogP contribution < -0.4 is 14.8 Å². The number of carboxylic acid groups (broad SMARTS) is 1. The van der Waals surface area contributed by atoms with E-state index in [1.165, 1.54) is 20.3 Å². The third kappa shape index (κ3) is 3.52. The third-order valence-corrected chi connectivity index (χ3v) is 2.02. The van der Waals surface area contributed by atoms with Gasteiger partial charge in [-0.2, -0.15) is 9.97 Å². The van der Waals surface area contributed by atoms with Gasteiger partial charge >= 0.3 is 5.97 Å². The van der Waals surface area contributed by atoms with Crippen LogP contribution in [0.5, 0.6) is 11.8 Å². The highest BCUT2D eigenvalue weighted by atomic mass is 16.5. The van der Waals surface area contributed by atoms with Gasteiger partial charge in [0.2, 0.25) is 17.7 Å². The number of nitrogens with one attached hydrogen (secondary N) is 1. The Morgan fingerprint density at radius 1 is 1.50 bits per heavy atom. The summed E-state index contributed by atoms with van der Waals surface area (Å²) in [5.41, 5.74) is 0. The molecule has 1 aromatic rings. The first-order valence-corrected chi connectivity index (χ1v) is 5.00. The lowest BCUT2D eigenvalue weighted by molar-refractivity contribution is -0.137. The number of nitrogens with zero attached hydrogens (tertiary/aromatic N) is 2. The Labute approximate surface area is 104 Å². The van der Waals surface area contributed by atoms with E-state index in [9.17, 15) is 4.79 Å². The minimum absolute atomic E-state index is 0.0121. The highest BCUT2D eigenvalue weighted by Crippen LogP contribution is 2.18. The smallest absolute Gasteiger partial charge is 0.327 e. The van der Waals surface area contributed by atoms with Gasteiger partial charge in [0.25, 0.3) is 0 Å². The molecule has 0 saturated carbocycles. The fourth-order valence-electron chi connectivity index (χ4n) is 1.15. The van der Waals surface area contributed by atoms with Crippen molar-refractivity contribution in [3.8, 4) is 24.1 Å². The second kappa shape index (κ2) is 6.30. The molecule has 18 heavy (non-hydrogen) atoms. The molecule has 0 spiro atoms. The maximum Gasteiger partial charge on any atom is 0.327 e. The monoisotopic (exact) mass is 251 g/mol. The molecule has 7 nitrogen and oxygen atoms in total. The van der Waals surface area contributed by atoms with Crippen molar-refractivity contribution in [2.24, 2.45) is 0 Å². The lowest BCUT2D eigenvalue weighted by Gasteiger charge is -2.12. The van der Waals surface area contributed by atoms with Gasteiger partial charge in [-0.1, -0.05) is 0 Å². The van der Waals surface area contributed by atoms with Crippen molar-refractivity contribution in [2.45, 2.75) is 12.5 Å².